The molecule has 1 aliphatic carbocycles. The molecule has 1 saturated carbocycles. The van der Waals surface area contributed by atoms with Crippen LogP contribution in [-0.4, -0.2) is 37.6 Å². The van der Waals surface area contributed by atoms with Gasteiger partial charge in [-0.2, -0.15) is 0 Å². The van der Waals surface area contributed by atoms with Gasteiger partial charge in [0.05, 0.1) is 12.6 Å². The lowest BCUT2D eigenvalue weighted by molar-refractivity contribution is -0.123. The van der Waals surface area contributed by atoms with E-state index in [4.69, 9.17) is 16.2 Å². The predicted octanol–water partition coefficient (Wildman–Crippen LogP) is -0.0978. The summed E-state index contributed by atoms with van der Waals surface area (Å²) in [7, 11) is 0. The number of hydrogen-bond acceptors (Lipinski definition) is 4. The minimum Gasteiger partial charge on any atom is -0.370 e. The van der Waals surface area contributed by atoms with Crippen LogP contribution in [0.25, 0.3) is 0 Å². The number of ether oxygens (including phenoxy) is 1. The monoisotopic (exact) mass is 271 g/mol. The van der Waals surface area contributed by atoms with Gasteiger partial charge in [-0.25, -0.2) is 0 Å². The van der Waals surface area contributed by atoms with Crippen LogP contribution in [0.5, 0.6) is 0 Å². The minimum absolute atomic E-state index is 0.121. The zero-order valence-corrected chi connectivity index (χ0v) is 11.4. The fraction of sp³-hybridized carbons (Fsp3) is 0.846. The smallest absolute Gasteiger partial charge is 0.243 e. The van der Waals surface area contributed by atoms with E-state index >= 15 is 0 Å². The predicted molar refractivity (Wildman–Crippen MR) is 72.2 cm³/mol. The maximum atomic E-state index is 11.7. The highest BCUT2D eigenvalue weighted by molar-refractivity contribution is 5.81. The topological polar surface area (TPSA) is 107 Å². The van der Waals surface area contributed by atoms with E-state index in [2.05, 4.69) is 5.32 Å². The zero-order valence-electron chi connectivity index (χ0n) is 11.4. The standard InChI is InChI=1S/C13H25N3O3/c14-11(8-10-4-2-1-3-5-10)13(18)16-6-7-19-9-12(15)17/h10-11H,1-9,14H2,(H2,15,17)(H,16,18). The molecule has 6 nitrogen and oxygen atoms in total. The van der Waals surface area contributed by atoms with Gasteiger partial charge in [-0.3, -0.25) is 9.59 Å². The van der Waals surface area contributed by atoms with E-state index < -0.39 is 11.9 Å². The van der Waals surface area contributed by atoms with E-state index in [0.717, 1.165) is 6.42 Å². The Morgan fingerprint density at radius 2 is 1.95 bits per heavy atom. The van der Waals surface area contributed by atoms with Crippen molar-refractivity contribution in [3.05, 3.63) is 0 Å². The van der Waals surface area contributed by atoms with Gasteiger partial charge in [0.1, 0.15) is 6.61 Å². The van der Waals surface area contributed by atoms with Crippen molar-refractivity contribution in [1.29, 1.82) is 0 Å². The number of nitrogens with two attached hydrogens (primary N) is 2. The highest BCUT2D eigenvalue weighted by atomic mass is 16.5. The molecule has 0 aromatic rings. The third kappa shape index (κ3) is 7.12. The highest BCUT2D eigenvalue weighted by Gasteiger charge is 2.20. The summed E-state index contributed by atoms with van der Waals surface area (Å²) >= 11 is 0. The fourth-order valence-corrected chi connectivity index (χ4v) is 2.44. The molecule has 0 aliphatic heterocycles. The van der Waals surface area contributed by atoms with Crippen LogP contribution in [0.1, 0.15) is 38.5 Å². The molecule has 0 aromatic heterocycles. The molecule has 1 unspecified atom stereocenters. The van der Waals surface area contributed by atoms with E-state index in [1.54, 1.807) is 0 Å². The first-order valence-corrected chi connectivity index (χ1v) is 6.99. The number of hydrogen-bond donors (Lipinski definition) is 3. The van der Waals surface area contributed by atoms with Gasteiger partial charge in [0, 0.05) is 6.54 Å². The Morgan fingerprint density at radius 1 is 1.26 bits per heavy atom. The number of carbonyl (C=O) groups excluding carboxylic acids is 2. The van der Waals surface area contributed by atoms with Gasteiger partial charge in [0.2, 0.25) is 11.8 Å². The summed E-state index contributed by atoms with van der Waals surface area (Å²) in [6, 6.07) is -0.445. The summed E-state index contributed by atoms with van der Waals surface area (Å²) < 4.78 is 4.95. The Bertz CT molecular complexity index is 291. The van der Waals surface area contributed by atoms with E-state index in [1.165, 1.54) is 32.1 Å². The summed E-state index contributed by atoms with van der Waals surface area (Å²) in [6.07, 6.45) is 6.93. The second kappa shape index (κ2) is 8.87. The SMILES string of the molecule is NC(=O)COCCNC(=O)C(N)CC1CCCCC1. The van der Waals surface area contributed by atoms with Gasteiger partial charge in [-0.15, -0.1) is 0 Å². The van der Waals surface area contributed by atoms with Crippen molar-refractivity contribution in [1.82, 2.24) is 5.32 Å². The Kier molecular flexibility index (Phi) is 7.43. The van der Waals surface area contributed by atoms with Crippen LogP contribution in [0.3, 0.4) is 0 Å². The van der Waals surface area contributed by atoms with E-state index in [0.29, 0.717) is 12.5 Å². The van der Waals surface area contributed by atoms with Gasteiger partial charge in [-0.1, -0.05) is 32.1 Å². The molecule has 1 rings (SSSR count). The maximum absolute atomic E-state index is 11.7. The largest absolute Gasteiger partial charge is 0.370 e. The molecule has 0 heterocycles. The van der Waals surface area contributed by atoms with E-state index in [9.17, 15) is 9.59 Å². The fourth-order valence-electron chi connectivity index (χ4n) is 2.44. The van der Waals surface area contributed by atoms with Crippen molar-refractivity contribution in [2.45, 2.75) is 44.6 Å². The third-order valence-corrected chi connectivity index (χ3v) is 3.44. The first kappa shape index (κ1) is 15.9. The molecule has 6 heteroatoms. The molecule has 19 heavy (non-hydrogen) atoms. The van der Waals surface area contributed by atoms with Crippen LogP contribution >= 0.6 is 0 Å². The molecule has 0 bridgehead atoms. The Hall–Kier alpha value is -1.14. The number of nitrogens with one attached hydrogen (secondary N) is 1. The van der Waals surface area contributed by atoms with Crippen LogP contribution in [-0.2, 0) is 14.3 Å². The molecule has 2 amide bonds. The minimum atomic E-state index is -0.514. The molecule has 110 valence electrons. The normalized spacial score (nSPS) is 17.9. The molecule has 1 atom stereocenters. The highest BCUT2D eigenvalue weighted by Crippen LogP contribution is 2.26. The maximum Gasteiger partial charge on any atom is 0.243 e. The van der Waals surface area contributed by atoms with Gasteiger partial charge >= 0.3 is 0 Å². The Balaban J connectivity index is 2.08. The summed E-state index contributed by atoms with van der Waals surface area (Å²) in [6.45, 7) is 0.499. The molecule has 5 N–H and O–H groups in total. The van der Waals surface area contributed by atoms with Gasteiger partial charge in [0.25, 0.3) is 0 Å². The van der Waals surface area contributed by atoms with Crippen molar-refractivity contribution in [2.24, 2.45) is 17.4 Å². The average Bonchev–Trinajstić information content (AvgIpc) is 2.38. The zero-order chi connectivity index (χ0) is 14.1. The lowest BCUT2D eigenvalue weighted by Gasteiger charge is -2.24. The lowest BCUT2D eigenvalue weighted by atomic mass is 9.85. The average molecular weight is 271 g/mol. The van der Waals surface area contributed by atoms with Crippen molar-refractivity contribution in [3.8, 4) is 0 Å². The molecule has 1 aliphatic rings. The molecule has 0 spiro atoms. The Morgan fingerprint density at radius 3 is 2.58 bits per heavy atom. The van der Waals surface area contributed by atoms with Crippen LogP contribution < -0.4 is 16.8 Å². The van der Waals surface area contributed by atoms with Gasteiger partial charge < -0.3 is 21.5 Å². The van der Waals surface area contributed by atoms with E-state index in [-0.39, 0.29) is 19.1 Å². The van der Waals surface area contributed by atoms with Crippen molar-refractivity contribution in [2.75, 3.05) is 19.8 Å². The molecule has 1 fully saturated rings. The van der Waals surface area contributed by atoms with Gasteiger partial charge in [-0.05, 0) is 12.3 Å². The van der Waals surface area contributed by atoms with E-state index in [1.807, 2.05) is 0 Å². The molecular formula is C13H25N3O3. The molecule has 0 saturated heterocycles. The lowest BCUT2D eigenvalue weighted by Crippen LogP contribution is -2.43. The van der Waals surface area contributed by atoms with Crippen molar-refractivity contribution >= 4 is 11.8 Å². The number of rotatable bonds is 8. The second-order valence-corrected chi connectivity index (χ2v) is 5.16. The van der Waals surface area contributed by atoms with Crippen LogP contribution in [0, 0.1) is 5.92 Å². The van der Waals surface area contributed by atoms with Crippen LogP contribution in [0.2, 0.25) is 0 Å². The first-order valence-electron chi connectivity index (χ1n) is 6.99. The van der Waals surface area contributed by atoms with Crippen molar-refractivity contribution < 1.29 is 14.3 Å². The first-order chi connectivity index (χ1) is 9.09. The summed E-state index contributed by atoms with van der Waals surface area (Å²) in [5.41, 5.74) is 10.8. The second-order valence-electron chi connectivity index (χ2n) is 5.16. The summed E-state index contributed by atoms with van der Waals surface area (Å²) in [5.74, 6) is -0.0748. The summed E-state index contributed by atoms with van der Waals surface area (Å²) in [4.78, 5) is 22.1. The quantitative estimate of drug-likeness (QED) is 0.536. The van der Waals surface area contributed by atoms with Crippen LogP contribution in [0.4, 0.5) is 0 Å². The Labute approximate surface area is 114 Å². The number of carbonyl (C=O) groups is 2. The summed E-state index contributed by atoms with van der Waals surface area (Å²) in [5, 5.41) is 2.70. The van der Waals surface area contributed by atoms with Crippen molar-refractivity contribution in [3.63, 3.8) is 0 Å². The molecule has 0 aromatic carbocycles. The molecular weight excluding hydrogens is 246 g/mol. The third-order valence-electron chi connectivity index (χ3n) is 3.44. The number of primary amides is 1. The molecule has 0 radical (unpaired) electrons. The van der Waals surface area contributed by atoms with Gasteiger partial charge in [0.15, 0.2) is 0 Å². The van der Waals surface area contributed by atoms with Crippen LogP contribution in [0.15, 0.2) is 0 Å². The number of amides is 2.